The fourth-order valence-electron chi connectivity index (χ4n) is 2.99. The summed E-state index contributed by atoms with van der Waals surface area (Å²) in [6.45, 7) is 0. The second-order valence-electron chi connectivity index (χ2n) is 5.95. The average Bonchev–Trinajstić information content (AvgIpc) is 3.13. The van der Waals surface area contributed by atoms with Gasteiger partial charge < -0.3 is 0 Å². The quantitative estimate of drug-likeness (QED) is 0.383. The predicted octanol–water partition coefficient (Wildman–Crippen LogP) is 3.99. The van der Waals surface area contributed by atoms with Gasteiger partial charge in [0.25, 0.3) is 10.0 Å². The number of aromatic nitrogens is 2. The van der Waals surface area contributed by atoms with Gasteiger partial charge in [0.15, 0.2) is 5.65 Å². The molecule has 0 fully saturated rings. The monoisotopic (exact) mass is 397 g/mol. The van der Waals surface area contributed by atoms with E-state index in [1.54, 1.807) is 30.3 Å². The van der Waals surface area contributed by atoms with Crippen LogP contribution in [0.15, 0.2) is 78.0 Å². The van der Waals surface area contributed by atoms with Crippen molar-refractivity contribution in [2.24, 2.45) is 0 Å². The van der Waals surface area contributed by atoms with Crippen molar-refractivity contribution in [3.8, 4) is 11.1 Å². The van der Waals surface area contributed by atoms with Gasteiger partial charge in [-0.25, -0.2) is 17.4 Å². The van der Waals surface area contributed by atoms with Gasteiger partial charge in [0.2, 0.25) is 5.82 Å². The summed E-state index contributed by atoms with van der Waals surface area (Å²) in [5.74, 6) is -0.969. The molecule has 28 heavy (non-hydrogen) atoms. The highest BCUT2D eigenvalue weighted by Crippen LogP contribution is 2.32. The Kier molecular flexibility index (Phi) is 4.16. The van der Waals surface area contributed by atoms with E-state index in [2.05, 4.69) is 4.98 Å². The van der Waals surface area contributed by atoms with Crippen LogP contribution < -0.4 is 0 Å². The van der Waals surface area contributed by atoms with Crippen molar-refractivity contribution in [1.82, 2.24) is 8.96 Å². The minimum atomic E-state index is -3.86. The number of benzene rings is 2. The molecule has 0 spiro atoms. The molecular weight excluding hydrogens is 385 g/mol. The molecule has 0 saturated heterocycles. The molecule has 0 aliphatic heterocycles. The van der Waals surface area contributed by atoms with Crippen molar-refractivity contribution < 1.29 is 17.7 Å². The van der Waals surface area contributed by atoms with Crippen LogP contribution in [0.25, 0.3) is 22.2 Å². The molecule has 9 heteroatoms. The van der Waals surface area contributed by atoms with E-state index in [1.165, 1.54) is 30.6 Å². The number of nitro benzene ring substituents is 1. The topological polar surface area (TPSA) is 95.1 Å². The number of halogens is 1. The highest BCUT2D eigenvalue weighted by atomic mass is 32.2. The Labute approximate surface area is 158 Å². The van der Waals surface area contributed by atoms with Crippen LogP contribution in [-0.2, 0) is 10.0 Å². The van der Waals surface area contributed by atoms with E-state index in [0.29, 0.717) is 16.5 Å². The zero-order valence-corrected chi connectivity index (χ0v) is 15.0. The van der Waals surface area contributed by atoms with Crippen LogP contribution in [0.3, 0.4) is 0 Å². The van der Waals surface area contributed by atoms with Crippen molar-refractivity contribution in [3.05, 3.63) is 89.0 Å². The van der Waals surface area contributed by atoms with E-state index >= 15 is 0 Å². The summed E-state index contributed by atoms with van der Waals surface area (Å²) in [4.78, 5) is 14.3. The highest BCUT2D eigenvalue weighted by molar-refractivity contribution is 7.90. The molecule has 0 unspecified atom stereocenters. The van der Waals surface area contributed by atoms with Gasteiger partial charge in [-0.05, 0) is 47.5 Å². The molecule has 0 saturated carbocycles. The van der Waals surface area contributed by atoms with Crippen molar-refractivity contribution in [3.63, 3.8) is 0 Å². The first-order valence-electron chi connectivity index (χ1n) is 8.10. The lowest BCUT2D eigenvalue weighted by Crippen LogP contribution is -2.12. The fraction of sp³-hybridized carbons (Fsp3) is 0. The van der Waals surface area contributed by atoms with Crippen LogP contribution in [0.2, 0.25) is 0 Å². The van der Waals surface area contributed by atoms with Crippen molar-refractivity contribution in [2.45, 2.75) is 4.90 Å². The minimum Gasteiger partial charge on any atom is -0.258 e. The second-order valence-corrected chi connectivity index (χ2v) is 7.76. The van der Waals surface area contributed by atoms with Crippen molar-refractivity contribution in [1.29, 1.82) is 0 Å². The molecule has 7 nitrogen and oxygen atoms in total. The lowest BCUT2D eigenvalue weighted by Gasteiger charge is -2.08. The van der Waals surface area contributed by atoms with Crippen LogP contribution >= 0.6 is 0 Å². The third-order valence-corrected chi connectivity index (χ3v) is 5.99. The van der Waals surface area contributed by atoms with Crippen LogP contribution in [0.4, 0.5) is 10.1 Å². The molecule has 2 aromatic carbocycles. The fourth-order valence-corrected chi connectivity index (χ4v) is 4.31. The summed E-state index contributed by atoms with van der Waals surface area (Å²) >= 11 is 0. The maximum atomic E-state index is 14.0. The lowest BCUT2D eigenvalue weighted by atomic mass is 10.0. The zero-order chi connectivity index (χ0) is 19.9. The average molecular weight is 397 g/mol. The molecule has 2 heterocycles. The molecule has 0 aliphatic rings. The molecule has 4 aromatic rings. The predicted molar refractivity (Wildman–Crippen MR) is 101 cm³/mol. The number of hydrogen-bond donors (Lipinski definition) is 0. The molecule has 0 amide bonds. The number of nitrogens with zero attached hydrogens (tertiary/aromatic N) is 3. The van der Waals surface area contributed by atoms with Crippen LogP contribution in [0.5, 0.6) is 0 Å². The highest BCUT2D eigenvalue weighted by Gasteiger charge is 2.21. The molecule has 2 aromatic heterocycles. The molecule has 0 bridgehead atoms. The Morgan fingerprint density at radius 3 is 2.46 bits per heavy atom. The Balaban J connectivity index is 1.89. The standard InChI is InChI=1S/C19H12FN3O4S/c20-17-12-13(6-7-18(17)23(24)25)15-8-10-21-19-16(15)9-11-22(19)28(26,27)14-4-2-1-3-5-14/h1-12H. The van der Waals surface area contributed by atoms with Gasteiger partial charge in [0, 0.05) is 23.8 Å². The molecule has 140 valence electrons. The van der Waals surface area contributed by atoms with Crippen LogP contribution in [0, 0.1) is 15.9 Å². The Morgan fingerprint density at radius 1 is 1.04 bits per heavy atom. The third-order valence-electron chi connectivity index (χ3n) is 4.31. The van der Waals surface area contributed by atoms with Crippen LogP contribution in [0.1, 0.15) is 0 Å². The Hall–Kier alpha value is -3.59. The summed E-state index contributed by atoms with van der Waals surface area (Å²) in [7, 11) is -3.86. The Morgan fingerprint density at radius 2 is 1.79 bits per heavy atom. The van der Waals surface area contributed by atoms with E-state index in [4.69, 9.17) is 0 Å². The van der Waals surface area contributed by atoms with E-state index in [0.717, 1.165) is 16.1 Å². The molecule has 0 atom stereocenters. The smallest absolute Gasteiger partial charge is 0.258 e. The van der Waals surface area contributed by atoms with Crippen molar-refractivity contribution >= 4 is 26.7 Å². The lowest BCUT2D eigenvalue weighted by molar-refractivity contribution is -0.387. The van der Waals surface area contributed by atoms with Gasteiger partial charge in [-0.15, -0.1) is 0 Å². The van der Waals surface area contributed by atoms with Gasteiger partial charge in [0.05, 0.1) is 9.82 Å². The summed E-state index contributed by atoms with van der Waals surface area (Å²) in [5, 5.41) is 11.3. The maximum Gasteiger partial charge on any atom is 0.304 e. The second kappa shape index (κ2) is 6.54. The molecule has 0 radical (unpaired) electrons. The van der Waals surface area contributed by atoms with Gasteiger partial charge in [-0.2, -0.15) is 4.39 Å². The summed E-state index contributed by atoms with van der Waals surface area (Å²) < 4.78 is 40.9. The molecule has 0 N–H and O–H groups in total. The largest absolute Gasteiger partial charge is 0.304 e. The summed E-state index contributed by atoms with van der Waals surface area (Å²) in [6, 6.07) is 14.6. The number of nitro groups is 1. The molecule has 0 aliphatic carbocycles. The van der Waals surface area contributed by atoms with E-state index in [1.807, 2.05) is 0 Å². The first-order chi connectivity index (χ1) is 13.4. The van der Waals surface area contributed by atoms with E-state index in [-0.39, 0.29) is 10.5 Å². The maximum absolute atomic E-state index is 14.0. The summed E-state index contributed by atoms with van der Waals surface area (Å²) in [6.07, 6.45) is 2.79. The van der Waals surface area contributed by atoms with Crippen molar-refractivity contribution in [2.75, 3.05) is 0 Å². The minimum absolute atomic E-state index is 0.112. The zero-order valence-electron chi connectivity index (χ0n) is 14.2. The number of pyridine rings is 1. The number of hydrogen-bond acceptors (Lipinski definition) is 5. The van der Waals surface area contributed by atoms with E-state index in [9.17, 15) is 22.9 Å². The first kappa shape index (κ1) is 17.8. The van der Waals surface area contributed by atoms with E-state index < -0.39 is 26.5 Å². The molecular formula is C19H12FN3O4S. The first-order valence-corrected chi connectivity index (χ1v) is 9.54. The SMILES string of the molecule is O=[N+]([O-])c1ccc(-c2ccnc3c2ccn3S(=O)(=O)c2ccccc2)cc1F. The van der Waals surface area contributed by atoms with Gasteiger partial charge in [0.1, 0.15) is 0 Å². The number of rotatable bonds is 4. The summed E-state index contributed by atoms with van der Waals surface area (Å²) in [5.41, 5.74) is 0.449. The van der Waals surface area contributed by atoms with Crippen LogP contribution in [-0.4, -0.2) is 22.3 Å². The Bertz CT molecular complexity index is 1320. The van der Waals surface area contributed by atoms with Gasteiger partial charge >= 0.3 is 5.69 Å². The van der Waals surface area contributed by atoms with Gasteiger partial charge in [-0.1, -0.05) is 18.2 Å². The normalized spacial score (nSPS) is 11.6. The third kappa shape index (κ3) is 2.81. The number of fused-ring (bicyclic) bond motifs is 1. The van der Waals surface area contributed by atoms with Gasteiger partial charge in [-0.3, -0.25) is 10.1 Å². The molecule has 4 rings (SSSR count).